The van der Waals surface area contributed by atoms with Crippen molar-refractivity contribution in [2.75, 3.05) is 18.1 Å². The van der Waals surface area contributed by atoms with Crippen LogP contribution in [0.3, 0.4) is 0 Å². The summed E-state index contributed by atoms with van der Waals surface area (Å²) in [4.78, 5) is 25.0. The Morgan fingerprint density at radius 2 is 2.10 bits per heavy atom. The van der Waals surface area contributed by atoms with Gasteiger partial charge >= 0.3 is 0 Å². The summed E-state index contributed by atoms with van der Waals surface area (Å²) in [7, 11) is 0. The van der Waals surface area contributed by atoms with E-state index >= 15 is 0 Å². The first kappa shape index (κ1) is 14.9. The summed E-state index contributed by atoms with van der Waals surface area (Å²) in [6, 6.07) is 8.48. The fraction of sp³-hybridized carbons (Fsp3) is 0.467. The highest BCUT2D eigenvalue weighted by molar-refractivity contribution is 8.00. The van der Waals surface area contributed by atoms with E-state index in [9.17, 15) is 9.59 Å². The van der Waals surface area contributed by atoms with Crippen LogP contribution in [0.15, 0.2) is 24.3 Å². The van der Waals surface area contributed by atoms with E-state index in [0.717, 1.165) is 19.4 Å². The Morgan fingerprint density at radius 1 is 1.35 bits per heavy atom. The van der Waals surface area contributed by atoms with Gasteiger partial charge in [-0.25, -0.2) is 0 Å². The maximum absolute atomic E-state index is 12.3. The van der Waals surface area contributed by atoms with Crippen molar-refractivity contribution in [3.05, 3.63) is 35.4 Å². The van der Waals surface area contributed by atoms with E-state index in [1.54, 1.807) is 0 Å². The van der Waals surface area contributed by atoms with Crippen molar-refractivity contribution in [3.8, 4) is 0 Å². The number of nitrogens with zero attached hydrogens (tertiary/aromatic N) is 1. The van der Waals surface area contributed by atoms with Crippen LogP contribution < -0.4 is 5.73 Å². The van der Waals surface area contributed by atoms with Gasteiger partial charge in [0, 0.05) is 6.54 Å². The maximum atomic E-state index is 12.3. The molecule has 5 heteroatoms. The van der Waals surface area contributed by atoms with Crippen LogP contribution in [0.5, 0.6) is 0 Å². The summed E-state index contributed by atoms with van der Waals surface area (Å²) in [5, 5.41) is 0. The molecular formula is C15H20N2O2S. The molecule has 4 nitrogen and oxygen atoms in total. The number of nitrogens with two attached hydrogens (primary N) is 1. The number of hydrogen-bond donors (Lipinski definition) is 1. The third-order valence-electron chi connectivity index (χ3n) is 3.59. The van der Waals surface area contributed by atoms with E-state index in [0.29, 0.717) is 5.75 Å². The highest BCUT2D eigenvalue weighted by Crippen LogP contribution is 2.32. The minimum absolute atomic E-state index is 0.0950. The average molecular weight is 292 g/mol. The Hall–Kier alpha value is -1.49. The largest absolute Gasteiger partial charge is 0.369 e. The Labute approximate surface area is 123 Å². The first-order chi connectivity index (χ1) is 9.63. The lowest BCUT2D eigenvalue weighted by Gasteiger charge is -2.37. The molecular weight excluding hydrogens is 272 g/mol. The van der Waals surface area contributed by atoms with Gasteiger partial charge in [0.25, 0.3) is 0 Å². The molecule has 0 aromatic heterocycles. The van der Waals surface area contributed by atoms with Crippen molar-refractivity contribution >= 4 is 23.6 Å². The summed E-state index contributed by atoms with van der Waals surface area (Å²) >= 11 is 1.29. The predicted molar refractivity (Wildman–Crippen MR) is 81.4 cm³/mol. The average Bonchev–Trinajstić information content (AvgIpc) is 2.45. The van der Waals surface area contributed by atoms with Crippen LogP contribution >= 0.6 is 11.8 Å². The van der Waals surface area contributed by atoms with Gasteiger partial charge in [-0.1, -0.05) is 31.2 Å². The highest BCUT2D eigenvalue weighted by Gasteiger charge is 2.28. The number of carbonyl (C=O) groups excluding carboxylic acids is 2. The molecule has 1 aliphatic heterocycles. The van der Waals surface area contributed by atoms with Gasteiger partial charge in [-0.2, -0.15) is 0 Å². The van der Waals surface area contributed by atoms with Crippen LogP contribution in [0.4, 0.5) is 0 Å². The van der Waals surface area contributed by atoms with Gasteiger partial charge in [0.1, 0.15) is 0 Å². The molecule has 2 amide bonds. The summed E-state index contributed by atoms with van der Waals surface area (Å²) in [6.45, 7) is 2.86. The molecule has 1 aromatic carbocycles. The number of rotatable bonds is 5. The molecule has 0 spiro atoms. The van der Waals surface area contributed by atoms with Crippen molar-refractivity contribution in [1.29, 1.82) is 0 Å². The topological polar surface area (TPSA) is 63.4 Å². The lowest BCUT2D eigenvalue weighted by atomic mass is 9.91. The standard InChI is InChI=1S/C15H20N2O2S/c1-2-13-12-6-4-3-5-11(12)7-8-17(13)15(19)10-20-9-14(16)18/h3-6,13H,2,7-10H2,1H3,(H2,16,18). The zero-order valence-electron chi connectivity index (χ0n) is 11.7. The fourth-order valence-electron chi connectivity index (χ4n) is 2.71. The Kier molecular flexibility index (Phi) is 5.06. The molecule has 0 saturated carbocycles. The molecule has 1 aliphatic rings. The molecule has 20 heavy (non-hydrogen) atoms. The van der Waals surface area contributed by atoms with E-state index < -0.39 is 0 Å². The number of carbonyl (C=O) groups is 2. The number of fused-ring (bicyclic) bond motifs is 1. The predicted octanol–water partition coefficient (Wildman–Crippen LogP) is 1.74. The first-order valence-corrected chi connectivity index (χ1v) is 8.02. The molecule has 108 valence electrons. The molecule has 0 bridgehead atoms. The molecule has 0 aliphatic carbocycles. The SMILES string of the molecule is CCC1c2ccccc2CCN1C(=O)CSCC(N)=O. The van der Waals surface area contributed by atoms with Gasteiger partial charge in [-0.15, -0.1) is 11.8 Å². The number of primary amides is 1. The van der Waals surface area contributed by atoms with Gasteiger partial charge in [-0.05, 0) is 24.0 Å². The second-order valence-corrected chi connectivity index (χ2v) is 5.90. The second-order valence-electron chi connectivity index (χ2n) is 4.92. The minimum atomic E-state index is -0.376. The smallest absolute Gasteiger partial charge is 0.233 e. The minimum Gasteiger partial charge on any atom is -0.369 e. The van der Waals surface area contributed by atoms with E-state index in [1.165, 1.54) is 22.9 Å². The van der Waals surface area contributed by atoms with Crippen LogP contribution in [-0.4, -0.2) is 34.8 Å². The second kappa shape index (κ2) is 6.79. The molecule has 0 saturated heterocycles. The normalized spacial score (nSPS) is 17.6. The molecule has 1 unspecified atom stereocenters. The summed E-state index contributed by atoms with van der Waals surface area (Å²) in [5.74, 6) is 0.241. The molecule has 1 heterocycles. The lowest BCUT2D eigenvalue weighted by molar-refractivity contribution is -0.131. The van der Waals surface area contributed by atoms with E-state index in [1.807, 2.05) is 17.0 Å². The van der Waals surface area contributed by atoms with Crippen molar-refractivity contribution in [2.45, 2.75) is 25.8 Å². The molecule has 1 aromatic rings. The molecule has 1 atom stereocenters. The Morgan fingerprint density at radius 3 is 2.80 bits per heavy atom. The number of thioether (sulfide) groups is 1. The van der Waals surface area contributed by atoms with Crippen molar-refractivity contribution in [1.82, 2.24) is 4.90 Å². The third-order valence-corrected chi connectivity index (χ3v) is 4.53. The number of hydrogen-bond acceptors (Lipinski definition) is 3. The van der Waals surface area contributed by atoms with Crippen LogP contribution in [0, 0.1) is 0 Å². The summed E-state index contributed by atoms with van der Waals surface area (Å²) in [6.07, 6.45) is 1.81. The quantitative estimate of drug-likeness (QED) is 0.899. The van der Waals surface area contributed by atoms with Crippen molar-refractivity contribution in [2.24, 2.45) is 5.73 Å². The monoisotopic (exact) mass is 292 g/mol. The third kappa shape index (κ3) is 3.33. The van der Waals surface area contributed by atoms with Gasteiger partial charge in [-0.3, -0.25) is 9.59 Å². The van der Waals surface area contributed by atoms with Crippen molar-refractivity contribution < 1.29 is 9.59 Å². The number of amides is 2. The molecule has 0 radical (unpaired) electrons. The van der Waals surface area contributed by atoms with Gasteiger partial charge in [0.15, 0.2) is 0 Å². The van der Waals surface area contributed by atoms with Crippen LogP contribution in [0.2, 0.25) is 0 Å². The molecule has 2 N–H and O–H groups in total. The fourth-order valence-corrected chi connectivity index (χ4v) is 3.36. The van der Waals surface area contributed by atoms with Crippen LogP contribution in [-0.2, 0) is 16.0 Å². The lowest BCUT2D eigenvalue weighted by Crippen LogP contribution is -2.41. The van der Waals surface area contributed by atoms with Crippen molar-refractivity contribution in [3.63, 3.8) is 0 Å². The van der Waals surface area contributed by atoms with Gasteiger partial charge in [0.05, 0.1) is 17.5 Å². The van der Waals surface area contributed by atoms with Crippen LogP contribution in [0.25, 0.3) is 0 Å². The zero-order chi connectivity index (χ0) is 14.5. The number of benzene rings is 1. The zero-order valence-corrected chi connectivity index (χ0v) is 12.5. The maximum Gasteiger partial charge on any atom is 0.233 e. The van der Waals surface area contributed by atoms with E-state index in [2.05, 4.69) is 19.1 Å². The summed E-state index contributed by atoms with van der Waals surface area (Å²) in [5.41, 5.74) is 7.69. The molecule has 2 rings (SSSR count). The first-order valence-electron chi connectivity index (χ1n) is 6.86. The van der Waals surface area contributed by atoms with Crippen LogP contribution in [0.1, 0.15) is 30.5 Å². The Bertz CT molecular complexity index is 504. The summed E-state index contributed by atoms with van der Waals surface area (Å²) < 4.78 is 0. The van der Waals surface area contributed by atoms with Gasteiger partial charge in [0.2, 0.25) is 11.8 Å². The highest BCUT2D eigenvalue weighted by atomic mass is 32.2. The van der Waals surface area contributed by atoms with Gasteiger partial charge < -0.3 is 10.6 Å². The molecule has 0 fully saturated rings. The van der Waals surface area contributed by atoms with E-state index in [-0.39, 0.29) is 23.6 Å². The Balaban J connectivity index is 2.05. The van der Waals surface area contributed by atoms with E-state index in [4.69, 9.17) is 5.73 Å².